The minimum absolute atomic E-state index is 0.145. The first kappa shape index (κ1) is 14.3. The van der Waals surface area contributed by atoms with Gasteiger partial charge in [-0.15, -0.1) is 5.10 Å². The van der Waals surface area contributed by atoms with Crippen LogP contribution in [0.15, 0.2) is 43.0 Å². The van der Waals surface area contributed by atoms with Crippen LogP contribution in [0.25, 0.3) is 11.0 Å². The Morgan fingerprint density at radius 3 is 2.67 bits per heavy atom. The molecular formula is C16H16N8. The van der Waals surface area contributed by atoms with E-state index in [0.717, 1.165) is 28.0 Å². The van der Waals surface area contributed by atoms with Crippen molar-refractivity contribution in [3.8, 4) is 0 Å². The van der Waals surface area contributed by atoms with Gasteiger partial charge in [-0.05, 0) is 18.2 Å². The van der Waals surface area contributed by atoms with Gasteiger partial charge < -0.3 is 5.73 Å². The smallest absolute Gasteiger partial charge is 0.0907 e. The van der Waals surface area contributed by atoms with Crippen LogP contribution in [0.4, 0.5) is 5.69 Å². The van der Waals surface area contributed by atoms with Gasteiger partial charge in [0.25, 0.3) is 0 Å². The number of rotatable bonds is 3. The zero-order valence-electron chi connectivity index (χ0n) is 13.3. The Bertz CT molecular complexity index is 1020. The lowest BCUT2D eigenvalue weighted by molar-refractivity contribution is 0.663. The van der Waals surface area contributed by atoms with Crippen LogP contribution >= 0.6 is 0 Å². The SMILES string of the molecule is Cn1cc([C@H](c2cnc3cc(N)ccc3n2)c2cnnn2C)cn1. The molecule has 3 aromatic heterocycles. The highest BCUT2D eigenvalue weighted by Crippen LogP contribution is 2.30. The van der Waals surface area contributed by atoms with E-state index in [1.54, 1.807) is 21.8 Å². The van der Waals surface area contributed by atoms with E-state index in [1.165, 1.54) is 0 Å². The molecule has 0 fully saturated rings. The molecule has 1 aromatic carbocycles. The normalized spacial score (nSPS) is 12.6. The predicted octanol–water partition coefficient (Wildman–Crippen LogP) is 1.25. The Morgan fingerprint density at radius 2 is 1.96 bits per heavy atom. The Labute approximate surface area is 138 Å². The summed E-state index contributed by atoms with van der Waals surface area (Å²) < 4.78 is 3.51. The van der Waals surface area contributed by atoms with E-state index in [0.29, 0.717) is 5.69 Å². The molecule has 0 aliphatic heterocycles. The van der Waals surface area contributed by atoms with Gasteiger partial charge in [0, 0.05) is 31.5 Å². The van der Waals surface area contributed by atoms with Crippen LogP contribution in [0, 0.1) is 0 Å². The van der Waals surface area contributed by atoms with E-state index in [4.69, 9.17) is 10.7 Å². The number of nitrogens with two attached hydrogens (primary N) is 1. The summed E-state index contributed by atoms with van der Waals surface area (Å²) in [5.41, 5.74) is 10.8. The first-order chi connectivity index (χ1) is 11.6. The lowest BCUT2D eigenvalue weighted by Gasteiger charge is -2.15. The van der Waals surface area contributed by atoms with Crippen LogP contribution in [-0.4, -0.2) is 34.7 Å². The van der Waals surface area contributed by atoms with Crippen LogP contribution in [-0.2, 0) is 14.1 Å². The molecule has 4 aromatic rings. The largest absolute Gasteiger partial charge is 0.399 e. The zero-order chi connectivity index (χ0) is 16.7. The molecule has 24 heavy (non-hydrogen) atoms. The Balaban J connectivity index is 1.90. The molecule has 8 heteroatoms. The van der Waals surface area contributed by atoms with Gasteiger partial charge >= 0.3 is 0 Å². The maximum absolute atomic E-state index is 5.81. The highest BCUT2D eigenvalue weighted by atomic mass is 15.4. The van der Waals surface area contributed by atoms with Gasteiger partial charge in [-0.3, -0.25) is 14.3 Å². The van der Waals surface area contributed by atoms with Gasteiger partial charge in [0.05, 0.1) is 46.9 Å². The number of fused-ring (bicyclic) bond motifs is 1. The van der Waals surface area contributed by atoms with Gasteiger partial charge in [-0.2, -0.15) is 5.10 Å². The first-order valence-electron chi connectivity index (χ1n) is 7.47. The van der Waals surface area contributed by atoms with E-state index >= 15 is 0 Å². The summed E-state index contributed by atoms with van der Waals surface area (Å²) >= 11 is 0. The summed E-state index contributed by atoms with van der Waals surface area (Å²) in [6, 6.07) is 5.52. The van der Waals surface area contributed by atoms with Crippen LogP contribution < -0.4 is 5.73 Å². The van der Waals surface area contributed by atoms with E-state index < -0.39 is 0 Å². The van der Waals surface area contributed by atoms with Crippen molar-refractivity contribution in [1.29, 1.82) is 0 Å². The summed E-state index contributed by atoms with van der Waals surface area (Å²) in [4.78, 5) is 9.29. The van der Waals surface area contributed by atoms with Crippen LogP contribution in [0.5, 0.6) is 0 Å². The number of nitrogen functional groups attached to an aromatic ring is 1. The number of benzene rings is 1. The fourth-order valence-electron chi connectivity index (χ4n) is 2.82. The molecule has 0 bridgehead atoms. The molecule has 4 rings (SSSR count). The number of anilines is 1. The summed E-state index contributed by atoms with van der Waals surface area (Å²) in [7, 11) is 3.75. The van der Waals surface area contributed by atoms with Crippen molar-refractivity contribution in [2.45, 2.75) is 5.92 Å². The second-order valence-electron chi connectivity index (χ2n) is 5.71. The Kier molecular flexibility index (Phi) is 3.23. The van der Waals surface area contributed by atoms with Gasteiger partial charge in [0.1, 0.15) is 0 Å². The molecule has 0 unspecified atom stereocenters. The minimum atomic E-state index is -0.145. The molecule has 0 saturated heterocycles. The molecule has 1 atom stereocenters. The Morgan fingerprint density at radius 1 is 1.08 bits per heavy atom. The van der Waals surface area contributed by atoms with Crippen molar-refractivity contribution >= 4 is 16.7 Å². The molecule has 0 spiro atoms. The first-order valence-corrected chi connectivity index (χ1v) is 7.47. The maximum Gasteiger partial charge on any atom is 0.0907 e. The highest BCUT2D eigenvalue weighted by Gasteiger charge is 2.24. The molecule has 0 amide bonds. The molecule has 0 aliphatic rings. The van der Waals surface area contributed by atoms with E-state index in [2.05, 4.69) is 20.4 Å². The number of hydrogen-bond acceptors (Lipinski definition) is 6. The molecule has 3 heterocycles. The van der Waals surface area contributed by atoms with Gasteiger partial charge in [0.15, 0.2) is 0 Å². The maximum atomic E-state index is 5.81. The number of hydrogen-bond donors (Lipinski definition) is 1. The second kappa shape index (κ2) is 5.41. The standard InChI is InChI=1S/C16H16N8/c1-23-9-10(6-20-23)16(15-8-19-22-24(15)2)14-7-18-13-5-11(17)3-4-12(13)21-14/h3-9,16H,17H2,1-2H3/t16-/m1/s1. The van der Waals surface area contributed by atoms with Crippen molar-refractivity contribution in [1.82, 2.24) is 34.7 Å². The van der Waals surface area contributed by atoms with Crippen LogP contribution in [0.1, 0.15) is 22.9 Å². The number of nitrogens with zero attached hydrogens (tertiary/aromatic N) is 7. The second-order valence-corrected chi connectivity index (χ2v) is 5.71. The topological polar surface area (TPSA) is 100 Å². The van der Waals surface area contributed by atoms with Gasteiger partial charge in [-0.1, -0.05) is 5.21 Å². The molecule has 8 nitrogen and oxygen atoms in total. The van der Waals surface area contributed by atoms with E-state index in [-0.39, 0.29) is 5.92 Å². The van der Waals surface area contributed by atoms with E-state index in [9.17, 15) is 0 Å². The van der Waals surface area contributed by atoms with Crippen molar-refractivity contribution in [2.75, 3.05) is 5.73 Å². The average molecular weight is 320 g/mol. The summed E-state index contributed by atoms with van der Waals surface area (Å²) in [6.45, 7) is 0. The van der Waals surface area contributed by atoms with Crippen molar-refractivity contribution < 1.29 is 0 Å². The Hall–Kier alpha value is -3.29. The van der Waals surface area contributed by atoms with Gasteiger partial charge in [-0.25, -0.2) is 4.98 Å². The lowest BCUT2D eigenvalue weighted by atomic mass is 9.95. The number of aryl methyl sites for hydroxylation is 2. The molecular weight excluding hydrogens is 304 g/mol. The monoisotopic (exact) mass is 320 g/mol. The fraction of sp³-hybridized carbons (Fsp3) is 0.188. The quantitative estimate of drug-likeness (QED) is 0.570. The van der Waals surface area contributed by atoms with Gasteiger partial charge in [0.2, 0.25) is 0 Å². The number of aromatic nitrogens is 7. The third-order valence-corrected chi connectivity index (χ3v) is 3.98. The third kappa shape index (κ3) is 2.37. The summed E-state index contributed by atoms with van der Waals surface area (Å²) in [6.07, 6.45) is 7.30. The third-order valence-electron chi connectivity index (χ3n) is 3.98. The minimum Gasteiger partial charge on any atom is -0.399 e. The van der Waals surface area contributed by atoms with Crippen LogP contribution in [0.2, 0.25) is 0 Å². The lowest BCUT2D eigenvalue weighted by Crippen LogP contribution is -2.11. The summed E-state index contributed by atoms with van der Waals surface area (Å²) in [5.74, 6) is -0.145. The van der Waals surface area contributed by atoms with Crippen molar-refractivity contribution in [3.63, 3.8) is 0 Å². The summed E-state index contributed by atoms with van der Waals surface area (Å²) in [5, 5.41) is 12.3. The fourth-order valence-corrected chi connectivity index (χ4v) is 2.82. The average Bonchev–Trinajstić information content (AvgIpc) is 3.17. The molecule has 120 valence electrons. The zero-order valence-corrected chi connectivity index (χ0v) is 13.3. The van der Waals surface area contributed by atoms with Crippen LogP contribution in [0.3, 0.4) is 0 Å². The predicted molar refractivity (Wildman–Crippen MR) is 89.1 cm³/mol. The van der Waals surface area contributed by atoms with Crippen molar-refractivity contribution in [2.24, 2.45) is 14.1 Å². The molecule has 0 aliphatic carbocycles. The molecule has 0 radical (unpaired) electrons. The molecule has 2 N–H and O–H groups in total. The molecule has 0 saturated carbocycles. The van der Waals surface area contributed by atoms with E-state index in [1.807, 2.05) is 44.7 Å². The highest BCUT2D eigenvalue weighted by molar-refractivity contribution is 5.78. The van der Waals surface area contributed by atoms with Crippen molar-refractivity contribution in [3.05, 3.63) is 59.9 Å².